The summed E-state index contributed by atoms with van der Waals surface area (Å²) < 4.78 is 49.0. The number of amides is 1. The van der Waals surface area contributed by atoms with Gasteiger partial charge in [-0.1, -0.05) is 0 Å². The third-order valence-corrected chi connectivity index (χ3v) is 5.81. The minimum absolute atomic E-state index is 0.0382. The van der Waals surface area contributed by atoms with Crippen LogP contribution in [0.2, 0.25) is 0 Å². The Morgan fingerprint density at radius 1 is 1.14 bits per heavy atom. The van der Waals surface area contributed by atoms with Crippen LogP contribution in [0.4, 0.5) is 30.5 Å². The normalized spacial score (nSPS) is 12.9. The number of carbonyl (C=O) groups is 1. The molecule has 2 aromatic carbocycles. The van der Waals surface area contributed by atoms with Gasteiger partial charge in [0, 0.05) is 0 Å². The number of hydrogen-bond donors (Lipinski definition) is 1. The van der Waals surface area contributed by atoms with Gasteiger partial charge in [0.05, 0.1) is 0 Å². The van der Waals surface area contributed by atoms with Crippen molar-refractivity contribution in [3.63, 3.8) is 0 Å². The van der Waals surface area contributed by atoms with Crippen molar-refractivity contribution in [3.05, 3.63) is 83.0 Å². The molecule has 12 heteroatoms. The van der Waals surface area contributed by atoms with E-state index in [-0.39, 0.29) is 22.6 Å². The first-order chi connectivity index (χ1) is 17.3. The summed E-state index contributed by atoms with van der Waals surface area (Å²) >= 11 is 0. The molecule has 1 aliphatic rings. The van der Waals surface area contributed by atoms with E-state index in [1.54, 1.807) is 11.8 Å². The average Bonchev–Trinajstić information content (AvgIpc) is 3.50. The van der Waals surface area contributed by atoms with E-state index in [4.69, 9.17) is 4.52 Å². The van der Waals surface area contributed by atoms with Crippen LogP contribution < -0.4 is 10.2 Å². The maximum absolute atomic E-state index is 14.9. The summed E-state index contributed by atoms with van der Waals surface area (Å²) in [6, 6.07) is 7.28. The molecule has 0 bridgehead atoms. The summed E-state index contributed by atoms with van der Waals surface area (Å²) in [5, 5.41) is 10.4. The quantitative estimate of drug-likeness (QED) is 0.430. The first-order valence-electron chi connectivity index (χ1n) is 10.9. The van der Waals surface area contributed by atoms with Gasteiger partial charge in [-0.25, -0.2) is 0 Å². The fourth-order valence-electron chi connectivity index (χ4n) is 4.01. The number of nitrogens with zero attached hydrogens (tertiary/aromatic N) is 5. The summed E-state index contributed by atoms with van der Waals surface area (Å²) in [6.45, 7) is 3.82. The van der Waals surface area contributed by atoms with E-state index < -0.39 is 23.4 Å². The predicted octanol–water partition coefficient (Wildman–Crippen LogP) is 3.83. The van der Waals surface area contributed by atoms with Gasteiger partial charge >= 0.3 is 204 Å². The Labute approximate surface area is 204 Å². The summed E-state index contributed by atoms with van der Waals surface area (Å²) in [5.41, 5.74) is 1.81. The summed E-state index contributed by atoms with van der Waals surface area (Å²) in [5.74, 6) is -2.08. The second-order valence-electron chi connectivity index (χ2n) is 7.98. The number of hydrogen-bond acceptors (Lipinski definition) is 6. The molecular weight excluding hydrogens is 472 g/mol. The van der Waals surface area contributed by atoms with E-state index in [1.807, 2.05) is 6.92 Å². The van der Waals surface area contributed by atoms with Gasteiger partial charge < -0.3 is 0 Å². The van der Waals surface area contributed by atoms with Crippen LogP contribution in [0.3, 0.4) is 0 Å². The molecule has 0 unspecified atom stereocenters. The number of anilines is 2. The number of likely N-dealkylation sites (N-methyl/N-ethyl adjacent to an activating group) is 1. The minimum atomic E-state index is -0.791. The van der Waals surface area contributed by atoms with Gasteiger partial charge in [0.15, 0.2) is 0 Å². The predicted molar refractivity (Wildman–Crippen MR) is 130 cm³/mol. The van der Waals surface area contributed by atoms with Crippen LogP contribution in [0.1, 0.15) is 28.4 Å². The second kappa shape index (κ2) is 8.95. The number of benzene rings is 2. The van der Waals surface area contributed by atoms with Crippen LogP contribution >= 0.6 is 0 Å². The van der Waals surface area contributed by atoms with E-state index in [9.17, 15) is 18.0 Å². The molecule has 36 heavy (non-hydrogen) atoms. The van der Waals surface area contributed by atoms with E-state index in [0.717, 1.165) is 18.2 Å². The standard InChI is InChI=1S/C24H18BF3N6O2/c1-3-33-22(25)21(30-18-11-29-34(24(18)33)19-5-4-14(26)10-17(19)28)15-8-13(9-16(27)12(15)2)23(35)31-20-6-7-36-32-20/h4-11,25H,3H2,1-2H3,(H,31,32,35). The van der Waals surface area contributed by atoms with E-state index in [0.29, 0.717) is 34.9 Å². The van der Waals surface area contributed by atoms with Crippen LogP contribution in [-0.4, -0.2) is 46.2 Å². The Balaban J connectivity index is 1.61. The van der Waals surface area contributed by atoms with Crippen molar-refractivity contribution in [2.24, 2.45) is 4.99 Å². The molecule has 180 valence electrons. The van der Waals surface area contributed by atoms with Gasteiger partial charge in [-0.15, -0.1) is 0 Å². The van der Waals surface area contributed by atoms with Gasteiger partial charge in [0.2, 0.25) is 0 Å². The summed E-state index contributed by atoms with van der Waals surface area (Å²) in [4.78, 5) is 19.1. The molecule has 0 saturated heterocycles. The molecule has 0 atom stereocenters. The van der Waals surface area contributed by atoms with Crippen molar-refractivity contribution in [1.29, 1.82) is 0 Å². The van der Waals surface area contributed by atoms with E-state index in [1.165, 1.54) is 35.3 Å². The van der Waals surface area contributed by atoms with Crippen LogP contribution in [0.15, 0.2) is 58.4 Å². The Morgan fingerprint density at radius 2 is 1.94 bits per heavy atom. The zero-order chi connectivity index (χ0) is 25.6. The van der Waals surface area contributed by atoms with Crippen LogP contribution in [0.5, 0.6) is 0 Å². The molecule has 1 amide bonds. The van der Waals surface area contributed by atoms with Crippen LogP contribution in [0, 0.1) is 24.4 Å². The zero-order valence-electron chi connectivity index (χ0n) is 19.2. The maximum atomic E-state index is 14.9. The Morgan fingerprint density at radius 3 is 2.64 bits per heavy atom. The molecule has 8 nitrogen and oxygen atoms in total. The molecule has 0 aliphatic carbocycles. The summed E-state index contributed by atoms with van der Waals surface area (Å²) in [7, 11) is 4.14. The molecule has 3 heterocycles. The number of aliphatic imine (C=N–C) groups is 1. The molecule has 0 fully saturated rings. The van der Waals surface area contributed by atoms with Gasteiger partial charge in [0.25, 0.3) is 0 Å². The molecular formula is C24H18BF3N6O2. The van der Waals surface area contributed by atoms with Crippen LogP contribution in [0.25, 0.3) is 5.69 Å². The first kappa shape index (κ1) is 23.3. The molecule has 5 rings (SSSR count). The van der Waals surface area contributed by atoms with Crippen molar-refractivity contribution in [2.75, 3.05) is 16.8 Å². The Hall–Kier alpha value is -4.48. The second-order valence-corrected chi connectivity index (χ2v) is 7.98. The number of aromatic nitrogens is 3. The van der Waals surface area contributed by atoms with Gasteiger partial charge in [0.1, 0.15) is 0 Å². The number of halogens is 3. The average molecular weight is 490 g/mol. The monoisotopic (exact) mass is 490 g/mol. The molecule has 0 saturated carbocycles. The summed E-state index contributed by atoms with van der Waals surface area (Å²) in [6.07, 6.45) is 2.73. The Kier molecular flexibility index (Phi) is 5.79. The van der Waals surface area contributed by atoms with Crippen LogP contribution in [-0.2, 0) is 0 Å². The molecule has 0 spiro atoms. The zero-order valence-corrected chi connectivity index (χ0v) is 19.2. The van der Waals surface area contributed by atoms with Gasteiger partial charge in [-0.2, -0.15) is 0 Å². The van der Waals surface area contributed by atoms with Crippen molar-refractivity contribution < 1.29 is 22.5 Å². The van der Waals surface area contributed by atoms with Crippen molar-refractivity contribution in [2.45, 2.75) is 13.8 Å². The third kappa shape index (κ3) is 3.90. The molecule has 0 radical (unpaired) electrons. The number of rotatable bonds is 5. The Bertz CT molecular complexity index is 1550. The van der Waals surface area contributed by atoms with Gasteiger partial charge in [-0.05, 0) is 0 Å². The van der Waals surface area contributed by atoms with E-state index in [2.05, 4.69) is 28.1 Å². The number of fused-ring (bicyclic) bond motifs is 1. The first-order valence-corrected chi connectivity index (χ1v) is 10.9. The topological polar surface area (TPSA) is 88.5 Å². The molecule has 4 aromatic rings. The van der Waals surface area contributed by atoms with Gasteiger partial charge in [-0.3, -0.25) is 0 Å². The van der Waals surface area contributed by atoms with Crippen molar-refractivity contribution in [3.8, 4) is 5.69 Å². The number of nitrogens with one attached hydrogen (secondary N) is 1. The van der Waals surface area contributed by atoms with E-state index >= 15 is 0 Å². The molecule has 1 aliphatic heterocycles. The SMILES string of the molecule is B=C1C(c2cc(C(=O)Nc3ccon3)cc(F)c2C)=Nc2cnn(-c3ccc(F)cc3F)c2N1CC. The van der Waals surface area contributed by atoms with Crippen molar-refractivity contribution in [1.82, 2.24) is 14.9 Å². The fourth-order valence-corrected chi connectivity index (χ4v) is 4.01. The molecule has 1 N–H and O–H groups in total. The van der Waals surface area contributed by atoms with Crippen molar-refractivity contribution >= 4 is 42.0 Å². The third-order valence-electron chi connectivity index (χ3n) is 5.81. The fraction of sp³-hybridized carbons (Fsp3) is 0.125. The molecule has 2 aromatic heterocycles. The number of carbonyl (C=O) groups excluding carboxylic acids is 1.